The summed E-state index contributed by atoms with van der Waals surface area (Å²) in [6, 6.07) is 3.66. The lowest BCUT2D eigenvalue weighted by atomic mass is 9.79. The Bertz CT molecular complexity index is 826. The lowest BCUT2D eigenvalue weighted by Crippen LogP contribution is -2.36. The molecular weight excluding hydrogens is 442 g/mol. The van der Waals surface area contributed by atoms with E-state index < -0.39 is 17.9 Å². The van der Waals surface area contributed by atoms with Crippen molar-refractivity contribution in [1.29, 1.82) is 0 Å². The number of halogens is 2. The molecule has 3 rings (SSSR count). The van der Waals surface area contributed by atoms with Crippen LogP contribution in [-0.2, 0) is 14.3 Å². The molecule has 5 nitrogen and oxygen atoms in total. The first kappa shape index (κ1) is 17.2. The van der Waals surface area contributed by atoms with Crippen molar-refractivity contribution in [3.05, 3.63) is 49.2 Å². The van der Waals surface area contributed by atoms with Crippen molar-refractivity contribution < 1.29 is 19.1 Å². The van der Waals surface area contributed by atoms with E-state index in [1.165, 1.54) is 0 Å². The Morgan fingerprint density at radius 1 is 1.29 bits per heavy atom. The van der Waals surface area contributed by atoms with E-state index in [9.17, 15) is 9.59 Å². The molecule has 1 N–H and O–H groups in total. The number of esters is 2. The molecule has 1 unspecified atom stereocenters. The first-order valence-corrected chi connectivity index (χ1v) is 9.00. The van der Waals surface area contributed by atoms with Gasteiger partial charge in [-0.2, -0.15) is 0 Å². The fraction of sp³-hybridized carbons (Fsp3) is 0.294. The highest BCUT2D eigenvalue weighted by Gasteiger charge is 2.43. The van der Waals surface area contributed by atoms with Crippen LogP contribution in [0, 0.1) is 0 Å². The molecule has 0 saturated carbocycles. The summed E-state index contributed by atoms with van der Waals surface area (Å²) in [5.41, 5.74) is 2.96. The summed E-state index contributed by atoms with van der Waals surface area (Å²) in [5.74, 6) is -0.985. The third-order valence-corrected chi connectivity index (χ3v) is 5.07. The molecule has 1 atom stereocenters. The van der Waals surface area contributed by atoms with Crippen LogP contribution in [0.15, 0.2) is 43.6 Å². The zero-order valence-corrected chi connectivity index (χ0v) is 16.5. The van der Waals surface area contributed by atoms with Crippen LogP contribution >= 0.6 is 31.9 Å². The second-order valence-electron chi connectivity index (χ2n) is 5.55. The molecule has 0 radical (unpaired) electrons. The van der Waals surface area contributed by atoms with E-state index in [0.29, 0.717) is 32.8 Å². The van der Waals surface area contributed by atoms with Gasteiger partial charge in [-0.3, -0.25) is 0 Å². The maximum atomic E-state index is 12.5. The summed E-state index contributed by atoms with van der Waals surface area (Å²) in [6.45, 7) is 5.62. The molecule has 0 aromatic heterocycles. The van der Waals surface area contributed by atoms with Gasteiger partial charge in [0.1, 0.15) is 5.75 Å². The number of hydrogen-bond donors (Lipinski definition) is 1. The summed E-state index contributed by atoms with van der Waals surface area (Å²) >= 11 is 6.88. The number of benzene rings is 1. The molecule has 2 heterocycles. The second kappa shape index (κ2) is 6.37. The van der Waals surface area contributed by atoms with Crippen LogP contribution in [0.3, 0.4) is 0 Å². The molecule has 126 valence electrons. The lowest BCUT2D eigenvalue weighted by Gasteiger charge is -2.34. The summed E-state index contributed by atoms with van der Waals surface area (Å²) in [6.07, 6.45) is 0. The second-order valence-corrected chi connectivity index (χ2v) is 7.32. The summed E-state index contributed by atoms with van der Waals surface area (Å²) in [5, 5.41) is 3.09. The van der Waals surface area contributed by atoms with E-state index in [0.717, 1.165) is 10.0 Å². The molecule has 2 aliphatic heterocycles. The molecule has 1 aromatic carbocycles. The van der Waals surface area contributed by atoms with Gasteiger partial charge in [0, 0.05) is 21.4 Å². The third-order valence-electron chi connectivity index (χ3n) is 4.02. The van der Waals surface area contributed by atoms with Gasteiger partial charge in [-0.15, -0.1) is 0 Å². The Kier molecular flexibility index (Phi) is 4.57. The zero-order chi connectivity index (χ0) is 17.6. The Labute approximate surface area is 156 Å². The van der Waals surface area contributed by atoms with Gasteiger partial charge in [-0.1, -0.05) is 15.9 Å². The fourth-order valence-corrected chi connectivity index (χ4v) is 4.44. The lowest BCUT2D eigenvalue weighted by molar-refractivity contribution is -0.139. The molecule has 7 heteroatoms. The molecule has 24 heavy (non-hydrogen) atoms. The quantitative estimate of drug-likeness (QED) is 0.539. The zero-order valence-electron chi connectivity index (χ0n) is 13.3. The van der Waals surface area contributed by atoms with Crippen molar-refractivity contribution in [2.75, 3.05) is 6.61 Å². The molecule has 0 aliphatic carbocycles. The van der Waals surface area contributed by atoms with Gasteiger partial charge in [-0.25, -0.2) is 9.59 Å². The predicted molar refractivity (Wildman–Crippen MR) is 95.4 cm³/mol. The van der Waals surface area contributed by atoms with Crippen molar-refractivity contribution in [1.82, 2.24) is 5.32 Å². The molecule has 0 amide bonds. The predicted octanol–water partition coefficient (Wildman–Crippen LogP) is 3.93. The molecule has 0 spiro atoms. The van der Waals surface area contributed by atoms with Crippen LogP contribution in [0.25, 0.3) is 0 Å². The SMILES string of the molecule is CCOC(=O)C1=C(C)NC(C)=C2C(=O)Oc3c(Br)cc(Br)cc3C12. The molecular formula is C17H15Br2NO4. The van der Waals surface area contributed by atoms with Gasteiger partial charge in [0.05, 0.1) is 28.1 Å². The minimum atomic E-state index is -0.518. The van der Waals surface area contributed by atoms with Crippen molar-refractivity contribution >= 4 is 43.8 Å². The van der Waals surface area contributed by atoms with Gasteiger partial charge < -0.3 is 14.8 Å². The van der Waals surface area contributed by atoms with Crippen molar-refractivity contribution in [3.63, 3.8) is 0 Å². The van der Waals surface area contributed by atoms with Crippen LogP contribution < -0.4 is 10.1 Å². The van der Waals surface area contributed by atoms with Crippen LogP contribution in [0.2, 0.25) is 0 Å². The molecule has 1 aromatic rings. The Morgan fingerprint density at radius 3 is 2.67 bits per heavy atom. The number of nitrogens with one attached hydrogen (secondary N) is 1. The summed E-state index contributed by atoms with van der Waals surface area (Å²) < 4.78 is 12.2. The average Bonchev–Trinajstić information content (AvgIpc) is 2.48. The molecule has 0 saturated heterocycles. The van der Waals surface area contributed by atoms with Crippen LogP contribution in [0.1, 0.15) is 32.3 Å². The topological polar surface area (TPSA) is 64.6 Å². The number of fused-ring (bicyclic) bond motifs is 3. The van der Waals surface area contributed by atoms with E-state index in [-0.39, 0.29) is 6.61 Å². The average molecular weight is 457 g/mol. The summed E-state index contributed by atoms with van der Waals surface area (Å²) in [4.78, 5) is 25.1. The Morgan fingerprint density at radius 2 is 2.00 bits per heavy atom. The van der Waals surface area contributed by atoms with E-state index in [4.69, 9.17) is 9.47 Å². The summed E-state index contributed by atoms with van der Waals surface area (Å²) in [7, 11) is 0. The highest BCUT2D eigenvalue weighted by atomic mass is 79.9. The van der Waals surface area contributed by atoms with Crippen LogP contribution in [0.4, 0.5) is 0 Å². The number of hydrogen-bond acceptors (Lipinski definition) is 5. The van der Waals surface area contributed by atoms with Crippen LogP contribution in [-0.4, -0.2) is 18.5 Å². The Hall–Kier alpha value is -1.60. The van der Waals surface area contributed by atoms with E-state index in [1.807, 2.05) is 6.07 Å². The van der Waals surface area contributed by atoms with Gasteiger partial charge in [-0.05, 0) is 48.8 Å². The molecule has 2 aliphatic rings. The number of allylic oxidation sites excluding steroid dienone is 2. The standard InChI is InChI=1S/C17H15Br2NO4/c1-4-23-16(21)12-7(2)20-8(3)13-14(12)10-5-9(18)6-11(19)15(10)24-17(13)22/h5-6,14,20H,4H2,1-3H3. The molecule has 0 bridgehead atoms. The maximum absolute atomic E-state index is 12.5. The number of carbonyl (C=O) groups excluding carboxylic acids is 2. The number of carbonyl (C=O) groups is 2. The normalized spacial score (nSPS) is 19.4. The minimum absolute atomic E-state index is 0.264. The largest absolute Gasteiger partial charge is 0.463 e. The number of ether oxygens (including phenoxy) is 2. The van der Waals surface area contributed by atoms with Gasteiger partial charge in [0.2, 0.25) is 0 Å². The number of rotatable bonds is 2. The highest BCUT2D eigenvalue weighted by molar-refractivity contribution is 9.11. The van der Waals surface area contributed by atoms with Crippen molar-refractivity contribution in [2.24, 2.45) is 0 Å². The van der Waals surface area contributed by atoms with Gasteiger partial charge >= 0.3 is 11.9 Å². The van der Waals surface area contributed by atoms with Gasteiger partial charge in [0.25, 0.3) is 0 Å². The highest BCUT2D eigenvalue weighted by Crippen LogP contribution is 2.49. The van der Waals surface area contributed by atoms with Crippen molar-refractivity contribution in [3.8, 4) is 5.75 Å². The smallest absolute Gasteiger partial charge is 0.342 e. The maximum Gasteiger partial charge on any atom is 0.342 e. The third kappa shape index (κ3) is 2.69. The minimum Gasteiger partial charge on any atom is -0.463 e. The Balaban J connectivity index is 2.27. The first-order chi connectivity index (χ1) is 11.3. The molecule has 0 fully saturated rings. The fourth-order valence-electron chi connectivity index (χ4n) is 3.11. The van der Waals surface area contributed by atoms with E-state index >= 15 is 0 Å². The van der Waals surface area contributed by atoms with Crippen molar-refractivity contribution in [2.45, 2.75) is 26.7 Å². The number of dihydropyridines is 1. The van der Waals surface area contributed by atoms with E-state index in [1.54, 1.807) is 26.8 Å². The first-order valence-electron chi connectivity index (χ1n) is 7.42. The van der Waals surface area contributed by atoms with Gasteiger partial charge in [0.15, 0.2) is 0 Å². The van der Waals surface area contributed by atoms with E-state index in [2.05, 4.69) is 37.2 Å². The monoisotopic (exact) mass is 455 g/mol. The van der Waals surface area contributed by atoms with Crippen LogP contribution in [0.5, 0.6) is 5.75 Å².